The molecule has 0 bridgehead atoms. The highest BCUT2D eigenvalue weighted by atomic mass is 35.5. The molecule has 2 amide bonds. The van der Waals surface area contributed by atoms with Crippen molar-refractivity contribution in [1.82, 2.24) is 10.2 Å². The van der Waals surface area contributed by atoms with Crippen molar-refractivity contribution in [1.29, 1.82) is 0 Å². The Bertz CT molecular complexity index is 1200. The number of rotatable bonds is 10. The van der Waals surface area contributed by atoms with Gasteiger partial charge in [-0.25, -0.2) is 0 Å². The lowest BCUT2D eigenvalue weighted by molar-refractivity contribution is -0.140. The van der Waals surface area contributed by atoms with Crippen LogP contribution < -0.4 is 5.32 Å². The van der Waals surface area contributed by atoms with E-state index in [9.17, 15) is 9.59 Å². The normalized spacial score (nSPS) is 12.2. The Kier molecular flexibility index (Phi) is 10.8. The molecule has 0 aliphatic rings. The maximum Gasteiger partial charge on any atom is 0.243 e. The molecule has 3 aromatic carbocycles. The number of carbonyl (C=O) groups is 2. The van der Waals surface area contributed by atoms with Gasteiger partial charge in [0.2, 0.25) is 11.8 Å². The molecule has 0 heterocycles. The van der Waals surface area contributed by atoms with E-state index in [0.29, 0.717) is 32.8 Å². The van der Waals surface area contributed by atoms with Gasteiger partial charge in [0.1, 0.15) is 6.04 Å². The van der Waals surface area contributed by atoms with Crippen LogP contribution in [0.3, 0.4) is 0 Å². The minimum absolute atomic E-state index is 0.110. The molecule has 3 aromatic rings. The van der Waals surface area contributed by atoms with Gasteiger partial charge >= 0.3 is 0 Å². The lowest BCUT2D eigenvalue weighted by Gasteiger charge is -2.34. The molecular weight excluding hydrogens is 547 g/mol. The third kappa shape index (κ3) is 8.96. The molecule has 1 atom stereocenters. The van der Waals surface area contributed by atoms with Gasteiger partial charge in [0.25, 0.3) is 0 Å². The summed E-state index contributed by atoms with van der Waals surface area (Å²) in [5.74, 6) is 0.326. The summed E-state index contributed by atoms with van der Waals surface area (Å²) in [6, 6.07) is 21.7. The Morgan fingerprint density at radius 3 is 2.08 bits per heavy atom. The third-order valence-electron chi connectivity index (χ3n) is 5.60. The fraction of sp³-hybridized carbons (Fsp3) is 0.310. The van der Waals surface area contributed by atoms with Crippen molar-refractivity contribution in [2.45, 2.75) is 51.1 Å². The van der Waals surface area contributed by atoms with E-state index < -0.39 is 11.6 Å². The lowest BCUT2D eigenvalue weighted by atomic mass is 10.0. The molecule has 196 valence electrons. The molecule has 0 aromatic heterocycles. The van der Waals surface area contributed by atoms with Crippen molar-refractivity contribution in [2.75, 3.05) is 5.75 Å². The Labute approximate surface area is 238 Å². The summed E-state index contributed by atoms with van der Waals surface area (Å²) in [5.41, 5.74) is 2.04. The lowest BCUT2D eigenvalue weighted by Crippen LogP contribution is -2.54. The van der Waals surface area contributed by atoms with Crippen LogP contribution in [-0.4, -0.2) is 34.0 Å². The zero-order valence-electron chi connectivity index (χ0n) is 21.1. The Morgan fingerprint density at radius 1 is 0.865 bits per heavy atom. The number of nitrogens with zero attached hydrogens (tertiary/aromatic N) is 1. The molecule has 37 heavy (non-hydrogen) atoms. The van der Waals surface area contributed by atoms with E-state index >= 15 is 0 Å². The van der Waals surface area contributed by atoms with Gasteiger partial charge in [-0.1, -0.05) is 89.4 Å². The van der Waals surface area contributed by atoms with E-state index in [2.05, 4.69) is 5.32 Å². The predicted octanol–water partition coefficient (Wildman–Crippen LogP) is 7.43. The highest BCUT2D eigenvalue weighted by Gasteiger charge is 2.33. The number of carbonyl (C=O) groups excluding carboxylic acids is 2. The predicted molar refractivity (Wildman–Crippen MR) is 156 cm³/mol. The maximum atomic E-state index is 13.8. The molecule has 0 spiro atoms. The monoisotopic (exact) mass is 576 g/mol. The van der Waals surface area contributed by atoms with Crippen LogP contribution in [0.5, 0.6) is 0 Å². The number of thioether (sulfide) groups is 1. The average Bonchev–Trinajstić information content (AvgIpc) is 2.83. The molecule has 3 rings (SSSR count). The molecule has 0 aliphatic heterocycles. The second kappa shape index (κ2) is 13.6. The quantitative estimate of drug-likeness (QED) is 0.272. The van der Waals surface area contributed by atoms with Crippen molar-refractivity contribution in [3.63, 3.8) is 0 Å². The van der Waals surface area contributed by atoms with Gasteiger partial charge in [0.15, 0.2) is 0 Å². The molecule has 0 radical (unpaired) electrons. The van der Waals surface area contributed by atoms with Crippen LogP contribution in [0.25, 0.3) is 0 Å². The van der Waals surface area contributed by atoms with Gasteiger partial charge < -0.3 is 10.2 Å². The number of nitrogens with one attached hydrogen (secondary N) is 1. The number of amides is 2. The zero-order chi connectivity index (χ0) is 27.0. The Balaban J connectivity index is 1.93. The fourth-order valence-corrected chi connectivity index (χ4v) is 5.52. The number of hydrogen-bond acceptors (Lipinski definition) is 3. The largest absolute Gasteiger partial charge is 0.350 e. The standard InChI is InChI=1S/C29H31Cl3N2O2S/c1-29(2,3)33-28(36)26(16-20-10-5-4-6-11-20)34(17-22-24(31)14-9-15-25(22)32)27(35)19-37-18-21-12-7-8-13-23(21)30/h4-15,26H,16-19H2,1-3H3,(H,33,36)/t26-/m1/s1. The summed E-state index contributed by atoms with van der Waals surface area (Å²) < 4.78 is 0. The summed E-state index contributed by atoms with van der Waals surface area (Å²) in [6.07, 6.45) is 0.353. The van der Waals surface area contributed by atoms with E-state index in [1.807, 2.05) is 75.4 Å². The van der Waals surface area contributed by atoms with Crippen molar-refractivity contribution in [2.24, 2.45) is 0 Å². The summed E-state index contributed by atoms with van der Waals surface area (Å²) >= 11 is 20.7. The van der Waals surface area contributed by atoms with E-state index in [0.717, 1.165) is 11.1 Å². The summed E-state index contributed by atoms with van der Waals surface area (Å²) in [5, 5.41) is 4.61. The Morgan fingerprint density at radius 2 is 1.46 bits per heavy atom. The van der Waals surface area contributed by atoms with Crippen LogP contribution in [0, 0.1) is 0 Å². The first kappa shape index (κ1) is 29.4. The van der Waals surface area contributed by atoms with Gasteiger partial charge in [-0.15, -0.1) is 11.8 Å². The fourth-order valence-electron chi connectivity index (χ4n) is 3.81. The molecule has 8 heteroatoms. The SMILES string of the molecule is CC(C)(C)NC(=O)[C@@H](Cc1ccccc1)N(Cc1c(Cl)cccc1Cl)C(=O)CSCc1ccccc1Cl. The summed E-state index contributed by atoms with van der Waals surface area (Å²) in [7, 11) is 0. The van der Waals surface area contributed by atoms with E-state index in [1.54, 1.807) is 23.1 Å². The molecule has 0 fully saturated rings. The highest BCUT2D eigenvalue weighted by molar-refractivity contribution is 7.99. The topological polar surface area (TPSA) is 49.4 Å². The number of hydrogen-bond donors (Lipinski definition) is 1. The first-order valence-electron chi connectivity index (χ1n) is 11.9. The van der Waals surface area contributed by atoms with Gasteiger partial charge in [-0.05, 0) is 50.1 Å². The van der Waals surface area contributed by atoms with E-state index in [1.165, 1.54) is 11.8 Å². The van der Waals surface area contributed by atoms with E-state index in [4.69, 9.17) is 34.8 Å². The number of benzene rings is 3. The summed E-state index contributed by atoms with van der Waals surface area (Å²) in [4.78, 5) is 29.0. The second-order valence-electron chi connectivity index (χ2n) is 9.75. The molecule has 1 N–H and O–H groups in total. The van der Waals surface area contributed by atoms with Gasteiger partial charge in [0.05, 0.1) is 5.75 Å². The van der Waals surface area contributed by atoms with Crippen molar-refractivity contribution < 1.29 is 9.59 Å². The molecular formula is C29H31Cl3N2O2S. The van der Waals surface area contributed by atoms with Gasteiger partial charge in [-0.3, -0.25) is 9.59 Å². The van der Waals surface area contributed by atoms with Crippen LogP contribution >= 0.6 is 46.6 Å². The minimum atomic E-state index is -0.762. The van der Waals surface area contributed by atoms with Gasteiger partial charge in [0, 0.05) is 44.9 Å². The first-order valence-corrected chi connectivity index (χ1v) is 14.2. The molecule has 0 unspecified atom stereocenters. The molecule has 0 saturated heterocycles. The maximum absolute atomic E-state index is 13.8. The highest BCUT2D eigenvalue weighted by Crippen LogP contribution is 2.28. The van der Waals surface area contributed by atoms with Gasteiger partial charge in [-0.2, -0.15) is 0 Å². The minimum Gasteiger partial charge on any atom is -0.350 e. The van der Waals surface area contributed by atoms with Crippen LogP contribution in [0.1, 0.15) is 37.5 Å². The van der Waals surface area contributed by atoms with Crippen LogP contribution in [0.2, 0.25) is 15.1 Å². The van der Waals surface area contributed by atoms with Crippen molar-refractivity contribution >= 4 is 58.4 Å². The van der Waals surface area contributed by atoms with Crippen molar-refractivity contribution in [3.8, 4) is 0 Å². The van der Waals surface area contributed by atoms with Crippen LogP contribution in [0.15, 0.2) is 72.8 Å². The average molecular weight is 578 g/mol. The molecule has 0 saturated carbocycles. The smallest absolute Gasteiger partial charge is 0.243 e. The summed E-state index contributed by atoms with van der Waals surface area (Å²) in [6.45, 7) is 5.86. The zero-order valence-corrected chi connectivity index (χ0v) is 24.2. The molecule has 0 aliphatic carbocycles. The second-order valence-corrected chi connectivity index (χ2v) is 12.0. The molecule has 4 nitrogen and oxygen atoms in total. The first-order chi connectivity index (χ1) is 17.5. The van der Waals surface area contributed by atoms with E-state index in [-0.39, 0.29) is 24.1 Å². The third-order valence-corrected chi connectivity index (χ3v) is 7.64. The van der Waals surface area contributed by atoms with Crippen LogP contribution in [0.4, 0.5) is 0 Å². The van der Waals surface area contributed by atoms with Crippen molar-refractivity contribution in [3.05, 3.63) is 105 Å². The number of halogens is 3. The van der Waals surface area contributed by atoms with Crippen LogP contribution in [-0.2, 0) is 28.3 Å². The Hall–Kier alpha value is -2.18.